The van der Waals surface area contributed by atoms with Crippen LogP contribution in [0.25, 0.3) is 39.5 Å². The zero-order valence-electron chi connectivity index (χ0n) is 22.5. The lowest BCUT2D eigenvalue weighted by atomic mass is 10.1. The van der Waals surface area contributed by atoms with Crippen molar-refractivity contribution >= 4 is 27.0 Å². The van der Waals surface area contributed by atoms with E-state index in [4.69, 9.17) is 15.7 Å². The number of benzene rings is 2. The Kier molecular flexibility index (Phi) is 7.36. The largest absolute Gasteiger partial charge is 0.383 e. The van der Waals surface area contributed by atoms with E-state index in [2.05, 4.69) is 45.5 Å². The van der Waals surface area contributed by atoms with Crippen LogP contribution in [0.2, 0.25) is 0 Å². The minimum absolute atomic E-state index is 0.0576. The van der Waals surface area contributed by atoms with Crippen LogP contribution in [0.4, 0.5) is 5.82 Å². The Morgan fingerprint density at radius 1 is 0.951 bits per heavy atom. The average Bonchev–Trinajstić information content (AvgIpc) is 3.38. The molecule has 2 aromatic carbocycles. The Balaban J connectivity index is 1.30. The van der Waals surface area contributed by atoms with Crippen LogP contribution in [-0.4, -0.2) is 52.0 Å². The highest BCUT2D eigenvalue weighted by atomic mass is 32.2. The van der Waals surface area contributed by atoms with Crippen molar-refractivity contribution in [1.29, 1.82) is 0 Å². The van der Waals surface area contributed by atoms with E-state index in [9.17, 15) is 8.42 Å². The molecule has 0 atom stereocenters. The molecule has 5 aromatic rings. The fourth-order valence-electron chi connectivity index (χ4n) is 5.26. The molecular weight excluding hydrogens is 534 g/mol. The highest BCUT2D eigenvalue weighted by Gasteiger charge is 2.23. The third-order valence-corrected chi connectivity index (χ3v) is 8.49. The molecule has 9 nitrogen and oxygen atoms in total. The molecule has 1 aliphatic rings. The molecule has 41 heavy (non-hydrogen) atoms. The van der Waals surface area contributed by atoms with Crippen LogP contribution in [0.3, 0.4) is 0 Å². The van der Waals surface area contributed by atoms with E-state index in [1.54, 1.807) is 6.20 Å². The summed E-state index contributed by atoms with van der Waals surface area (Å²) in [5.41, 5.74) is 12.5. The Labute approximate surface area is 239 Å². The molecule has 1 fully saturated rings. The molecule has 6 rings (SSSR count). The van der Waals surface area contributed by atoms with Gasteiger partial charge in [-0.25, -0.2) is 28.1 Å². The number of hydrogen-bond donors (Lipinski definition) is 2. The predicted molar refractivity (Wildman–Crippen MR) is 162 cm³/mol. The van der Waals surface area contributed by atoms with E-state index in [-0.39, 0.29) is 6.04 Å². The van der Waals surface area contributed by atoms with Crippen molar-refractivity contribution in [2.75, 3.05) is 18.8 Å². The van der Waals surface area contributed by atoms with Crippen LogP contribution in [0.15, 0.2) is 97.0 Å². The maximum atomic E-state index is 11.8. The number of nitrogens with two attached hydrogens (primary N) is 1. The van der Waals surface area contributed by atoms with Gasteiger partial charge in [0.2, 0.25) is 10.0 Å². The molecule has 1 saturated heterocycles. The number of pyridine rings is 2. The van der Waals surface area contributed by atoms with Gasteiger partial charge in [-0.2, -0.15) is 0 Å². The second-order valence-electron chi connectivity index (χ2n) is 10.2. The summed E-state index contributed by atoms with van der Waals surface area (Å²) in [5, 5.41) is 0.969. The summed E-state index contributed by atoms with van der Waals surface area (Å²) >= 11 is 0. The summed E-state index contributed by atoms with van der Waals surface area (Å²) in [5.74, 6) is 1.09. The van der Waals surface area contributed by atoms with Crippen molar-refractivity contribution < 1.29 is 8.42 Å². The van der Waals surface area contributed by atoms with Crippen molar-refractivity contribution in [1.82, 2.24) is 29.1 Å². The maximum Gasteiger partial charge on any atom is 0.233 e. The second kappa shape index (κ2) is 11.2. The molecule has 0 radical (unpaired) electrons. The number of nitrogens with one attached hydrogen (secondary N) is 1. The first-order valence-corrected chi connectivity index (χ1v) is 15.1. The van der Waals surface area contributed by atoms with Crippen LogP contribution < -0.4 is 10.5 Å². The smallest absolute Gasteiger partial charge is 0.233 e. The van der Waals surface area contributed by atoms with Gasteiger partial charge in [0.05, 0.1) is 11.3 Å². The number of nitrogen functional groups attached to an aromatic ring is 1. The molecule has 208 valence electrons. The van der Waals surface area contributed by atoms with Gasteiger partial charge >= 0.3 is 0 Å². The molecule has 0 bridgehead atoms. The quantitative estimate of drug-likeness (QED) is 0.278. The van der Waals surface area contributed by atoms with Crippen molar-refractivity contribution in [2.45, 2.75) is 25.4 Å². The van der Waals surface area contributed by atoms with Crippen LogP contribution in [0, 0.1) is 0 Å². The van der Waals surface area contributed by atoms with Gasteiger partial charge in [0.15, 0.2) is 11.5 Å². The average molecular weight is 566 g/mol. The predicted octanol–water partition coefficient (Wildman–Crippen LogP) is 4.76. The monoisotopic (exact) mass is 565 g/mol. The van der Waals surface area contributed by atoms with Crippen molar-refractivity contribution in [2.24, 2.45) is 0 Å². The SMILES string of the molecule is C=CS(=O)(=O)NC1CCN(Cc2ccc(-n3c(-c4cccnc4N)nc4ccc(-c5ccccc5)nc43)cc2)CC1. The second-order valence-corrected chi connectivity index (χ2v) is 11.8. The number of fused-ring (bicyclic) bond motifs is 1. The van der Waals surface area contributed by atoms with Crippen molar-refractivity contribution in [3.8, 4) is 28.3 Å². The summed E-state index contributed by atoms with van der Waals surface area (Å²) in [6.45, 7) is 5.79. The number of rotatable bonds is 8. The maximum absolute atomic E-state index is 11.8. The van der Waals surface area contributed by atoms with Gasteiger partial charge < -0.3 is 5.73 Å². The number of anilines is 1. The number of aromatic nitrogens is 4. The first kappa shape index (κ1) is 26.8. The minimum Gasteiger partial charge on any atom is -0.383 e. The third-order valence-electron chi connectivity index (χ3n) is 7.39. The van der Waals surface area contributed by atoms with E-state index < -0.39 is 10.0 Å². The minimum atomic E-state index is -3.41. The molecule has 3 aromatic heterocycles. The summed E-state index contributed by atoms with van der Waals surface area (Å²) in [4.78, 5) is 16.6. The van der Waals surface area contributed by atoms with E-state index in [1.807, 2.05) is 59.2 Å². The lowest BCUT2D eigenvalue weighted by molar-refractivity contribution is 0.200. The Bertz CT molecular complexity index is 1790. The lowest BCUT2D eigenvalue weighted by Crippen LogP contribution is -2.43. The Morgan fingerprint density at radius 3 is 2.41 bits per heavy atom. The topological polar surface area (TPSA) is 119 Å². The Hall–Kier alpha value is -4.38. The number of nitrogens with zero attached hydrogens (tertiary/aromatic N) is 5. The zero-order chi connectivity index (χ0) is 28.4. The first-order valence-electron chi connectivity index (χ1n) is 13.5. The van der Waals surface area contributed by atoms with Gasteiger partial charge in [-0.15, -0.1) is 0 Å². The normalized spacial score (nSPS) is 14.8. The van der Waals surface area contributed by atoms with Gasteiger partial charge in [-0.1, -0.05) is 49.0 Å². The molecule has 0 spiro atoms. The molecule has 0 saturated carbocycles. The summed E-state index contributed by atoms with van der Waals surface area (Å²) in [7, 11) is -3.41. The van der Waals surface area contributed by atoms with Gasteiger partial charge in [0.25, 0.3) is 0 Å². The third kappa shape index (κ3) is 5.76. The molecule has 3 N–H and O–H groups in total. The van der Waals surface area contributed by atoms with E-state index in [1.165, 1.54) is 5.56 Å². The van der Waals surface area contributed by atoms with Crippen LogP contribution >= 0.6 is 0 Å². The molecule has 0 aliphatic carbocycles. The summed E-state index contributed by atoms with van der Waals surface area (Å²) in [6.07, 6.45) is 3.19. The lowest BCUT2D eigenvalue weighted by Gasteiger charge is -2.32. The number of piperidine rings is 1. The van der Waals surface area contributed by atoms with Gasteiger partial charge in [-0.3, -0.25) is 9.47 Å². The number of imidazole rings is 1. The van der Waals surface area contributed by atoms with Gasteiger partial charge in [-0.05, 0) is 54.8 Å². The van der Waals surface area contributed by atoms with E-state index in [0.29, 0.717) is 11.6 Å². The molecule has 0 unspecified atom stereocenters. The fraction of sp³-hybridized carbons (Fsp3) is 0.194. The first-order chi connectivity index (χ1) is 19.9. The summed E-state index contributed by atoms with van der Waals surface area (Å²) < 4.78 is 28.4. The van der Waals surface area contributed by atoms with Gasteiger partial charge in [0, 0.05) is 48.5 Å². The molecule has 1 aliphatic heterocycles. The van der Waals surface area contributed by atoms with Crippen LogP contribution in [-0.2, 0) is 16.6 Å². The molecule has 10 heteroatoms. The summed E-state index contributed by atoms with van der Waals surface area (Å²) in [6, 6.07) is 26.2. The number of hydrogen-bond acceptors (Lipinski definition) is 7. The Morgan fingerprint density at radius 2 is 1.71 bits per heavy atom. The molecule has 0 amide bonds. The standard InChI is InChI=1S/C31H31N7O2S/c1-2-41(39,40)36-24-16-19-37(20-17-24)21-22-10-12-25(13-11-22)38-30(26-9-6-18-33-29(26)32)35-28-15-14-27(34-31(28)38)23-7-4-3-5-8-23/h2-15,18,24,36H,1,16-17,19-21H2,(H2,32,33). The molecule has 4 heterocycles. The van der Waals surface area contributed by atoms with Crippen LogP contribution in [0.1, 0.15) is 18.4 Å². The fourth-order valence-corrected chi connectivity index (χ4v) is 6.05. The highest BCUT2D eigenvalue weighted by molar-refractivity contribution is 7.92. The van der Waals surface area contributed by atoms with E-state index >= 15 is 0 Å². The van der Waals surface area contributed by atoms with Crippen molar-refractivity contribution in [3.05, 3.63) is 103 Å². The number of likely N-dealkylation sites (tertiary alicyclic amines) is 1. The van der Waals surface area contributed by atoms with Crippen LogP contribution in [0.5, 0.6) is 0 Å². The van der Waals surface area contributed by atoms with Crippen molar-refractivity contribution in [3.63, 3.8) is 0 Å². The zero-order valence-corrected chi connectivity index (χ0v) is 23.3. The number of sulfonamides is 1. The van der Waals surface area contributed by atoms with E-state index in [0.717, 1.165) is 71.6 Å². The highest BCUT2D eigenvalue weighted by Crippen LogP contribution is 2.32. The van der Waals surface area contributed by atoms with Gasteiger partial charge in [0.1, 0.15) is 11.3 Å². The molecular formula is C31H31N7O2S.